The molecule has 1 amide bonds. The van der Waals surface area contributed by atoms with Crippen molar-refractivity contribution in [2.45, 2.75) is 4.90 Å². The fourth-order valence-electron chi connectivity index (χ4n) is 3.18. The average molecular weight is 521 g/mol. The van der Waals surface area contributed by atoms with Gasteiger partial charge in [-0.15, -0.1) is 9.78 Å². The molecule has 0 bridgehead atoms. The second kappa shape index (κ2) is 9.27. The highest BCUT2D eigenvalue weighted by Crippen LogP contribution is 2.35. The standard InChI is InChI=1S/C21H15F4N7O3S/c22-13-2-1-3-14(23)16(13)12-8-9-15(24)17(25)18(12)29-21(33)32-19(26)30-20(31-32)28-10-4-6-11(7-5-10)36(27,34)35/h1-9H,(H,29,33)(H2,27,34,35)(H3,26,28,30,31). The molecule has 0 radical (unpaired) electrons. The summed E-state index contributed by atoms with van der Waals surface area (Å²) < 4.78 is 80.4. The van der Waals surface area contributed by atoms with Gasteiger partial charge in [-0.05, 0) is 48.5 Å². The number of hydrogen-bond acceptors (Lipinski definition) is 7. The van der Waals surface area contributed by atoms with Gasteiger partial charge in [0, 0.05) is 11.3 Å². The monoisotopic (exact) mass is 521 g/mol. The molecule has 0 saturated heterocycles. The zero-order valence-electron chi connectivity index (χ0n) is 17.8. The number of carbonyl (C=O) groups excluding carboxylic acids is 1. The minimum absolute atomic E-state index is 0.148. The van der Waals surface area contributed by atoms with E-state index in [9.17, 15) is 30.8 Å². The van der Waals surface area contributed by atoms with E-state index < -0.39 is 62.1 Å². The van der Waals surface area contributed by atoms with Crippen LogP contribution in [0.4, 0.5) is 45.6 Å². The number of halogens is 4. The predicted octanol–water partition coefficient (Wildman–Crippen LogP) is 3.55. The minimum atomic E-state index is -3.91. The van der Waals surface area contributed by atoms with Gasteiger partial charge in [0.2, 0.25) is 21.9 Å². The minimum Gasteiger partial charge on any atom is -0.368 e. The van der Waals surface area contributed by atoms with Crippen LogP contribution in [0.1, 0.15) is 0 Å². The molecule has 6 N–H and O–H groups in total. The molecule has 0 aliphatic rings. The van der Waals surface area contributed by atoms with E-state index >= 15 is 0 Å². The number of sulfonamides is 1. The molecule has 10 nitrogen and oxygen atoms in total. The number of rotatable bonds is 5. The maximum absolute atomic E-state index is 14.6. The Morgan fingerprint density at radius 3 is 2.17 bits per heavy atom. The van der Waals surface area contributed by atoms with Crippen molar-refractivity contribution in [3.63, 3.8) is 0 Å². The van der Waals surface area contributed by atoms with Gasteiger partial charge >= 0.3 is 6.03 Å². The Balaban J connectivity index is 1.64. The van der Waals surface area contributed by atoms with Gasteiger partial charge in [-0.3, -0.25) is 0 Å². The number of carbonyl (C=O) groups is 1. The molecule has 0 saturated carbocycles. The highest BCUT2D eigenvalue weighted by Gasteiger charge is 2.24. The van der Waals surface area contributed by atoms with Crippen LogP contribution in [-0.2, 0) is 10.0 Å². The van der Waals surface area contributed by atoms with Crippen LogP contribution in [0.2, 0.25) is 0 Å². The third-order valence-electron chi connectivity index (χ3n) is 4.82. The lowest BCUT2D eigenvalue weighted by Crippen LogP contribution is -2.24. The van der Waals surface area contributed by atoms with Gasteiger partial charge in [-0.1, -0.05) is 6.07 Å². The fraction of sp³-hybridized carbons (Fsp3) is 0. The number of nitrogens with zero attached hydrogens (tertiary/aromatic N) is 3. The Hall–Kier alpha value is -4.50. The molecule has 0 spiro atoms. The second-order valence-corrected chi connectivity index (χ2v) is 8.77. The lowest BCUT2D eigenvalue weighted by atomic mass is 10.0. The number of nitrogen functional groups attached to an aromatic ring is 1. The van der Waals surface area contributed by atoms with E-state index in [1.165, 1.54) is 24.3 Å². The Labute approximate surface area is 200 Å². The van der Waals surface area contributed by atoms with Crippen molar-refractivity contribution in [2.24, 2.45) is 5.14 Å². The van der Waals surface area contributed by atoms with Crippen LogP contribution in [0.3, 0.4) is 0 Å². The molecule has 0 unspecified atom stereocenters. The van der Waals surface area contributed by atoms with E-state index in [0.717, 1.165) is 24.3 Å². The van der Waals surface area contributed by atoms with Gasteiger partial charge in [0.1, 0.15) is 11.6 Å². The maximum Gasteiger partial charge on any atom is 0.349 e. The smallest absolute Gasteiger partial charge is 0.349 e. The molecule has 4 rings (SSSR count). The molecule has 4 aromatic rings. The zero-order chi connectivity index (χ0) is 26.2. The van der Waals surface area contributed by atoms with Crippen molar-refractivity contribution in [2.75, 3.05) is 16.4 Å². The largest absolute Gasteiger partial charge is 0.368 e. The first-order valence-corrected chi connectivity index (χ1v) is 11.4. The van der Waals surface area contributed by atoms with Crippen LogP contribution < -0.4 is 21.5 Å². The van der Waals surface area contributed by atoms with Crippen molar-refractivity contribution in [1.29, 1.82) is 0 Å². The summed E-state index contributed by atoms with van der Waals surface area (Å²) in [6.45, 7) is 0. The molecule has 15 heteroatoms. The van der Waals surface area contributed by atoms with Gasteiger partial charge in [0.05, 0.1) is 16.1 Å². The van der Waals surface area contributed by atoms with E-state index in [1.54, 1.807) is 0 Å². The average Bonchev–Trinajstić information content (AvgIpc) is 3.17. The number of nitrogens with one attached hydrogen (secondary N) is 2. The summed E-state index contributed by atoms with van der Waals surface area (Å²) >= 11 is 0. The zero-order valence-corrected chi connectivity index (χ0v) is 18.7. The number of nitrogens with two attached hydrogens (primary N) is 2. The first-order chi connectivity index (χ1) is 17.0. The van der Waals surface area contributed by atoms with E-state index in [4.69, 9.17) is 10.9 Å². The second-order valence-electron chi connectivity index (χ2n) is 7.21. The van der Waals surface area contributed by atoms with Crippen LogP contribution >= 0.6 is 0 Å². The Morgan fingerprint density at radius 2 is 1.56 bits per heavy atom. The molecular weight excluding hydrogens is 506 g/mol. The molecule has 3 aromatic carbocycles. The number of hydrogen-bond donors (Lipinski definition) is 4. The molecule has 0 aliphatic carbocycles. The predicted molar refractivity (Wildman–Crippen MR) is 122 cm³/mol. The van der Waals surface area contributed by atoms with Crippen molar-refractivity contribution in [3.8, 4) is 11.1 Å². The maximum atomic E-state index is 14.6. The molecule has 0 fully saturated rings. The highest BCUT2D eigenvalue weighted by molar-refractivity contribution is 7.89. The van der Waals surface area contributed by atoms with Crippen LogP contribution in [-0.4, -0.2) is 29.2 Å². The summed E-state index contributed by atoms with van der Waals surface area (Å²) in [7, 11) is -3.91. The quantitative estimate of drug-likeness (QED) is 0.292. The summed E-state index contributed by atoms with van der Waals surface area (Å²) in [5, 5.41) is 13.5. The van der Waals surface area contributed by atoms with Crippen LogP contribution in [0, 0.1) is 23.3 Å². The topological polar surface area (TPSA) is 158 Å². The van der Waals surface area contributed by atoms with Crippen LogP contribution in [0.15, 0.2) is 59.5 Å². The molecule has 36 heavy (non-hydrogen) atoms. The number of benzene rings is 3. The Bertz CT molecular complexity index is 1570. The molecular formula is C21H15F4N7O3S. The van der Waals surface area contributed by atoms with E-state index in [1.807, 2.05) is 5.32 Å². The molecule has 186 valence electrons. The van der Waals surface area contributed by atoms with Crippen molar-refractivity contribution < 1.29 is 30.8 Å². The van der Waals surface area contributed by atoms with Gasteiger partial charge in [0.25, 0.3) is 0 Å². The van der Waals surface area contributed by atoms with E-state index in [-0.39, 0.29) is 10.8 Å². The van der Waals surface area contributed by atoms with Gasteiger partial charge < -0.3 is 16.4 Å². The third-order valence-corrected chi connectivity index (χ3v) is 5.75. The molecule has 1 aromatic heterocycles. The van der Waals surface area contributed by atoms with Crippen molar-refractivity contribution >= 4 is 39.3 Å². The number of aromatic nitrogens is 3. The fourth-order valence-corrected chi connectivity index (χ4v) is 3.70. The molecule has 0 aliphatic heterocycles. The summed E-state index contributed by atoms with van der Waals surface area (Å²) in [5.41, 5.74) is 3.99. The van der Waals surface area contributed by atoms with Crippen LogP contribution in [0.25, 0.3) is 11.1 Å². The van der Waals surface area contributed by atoms with Crippen molar-refractivity contribution in [3.05, 3.63) is 77.9 Å². The highest BCUT2D eigenvalue weighted by atomic mass is 32.2. The summed E-state index contributed by atoms with van der Waals surface area (Å²) in [6, 6.07) is 8.34. The SMILES string of the molecule is Nc1nc(Nc2ccc(S(N)(=O)=O)cc2)nn1C(=O)Nc1c(-c2c(F)cccc2F)ccc(F)c1F. The summed E-state index contributed by atoms with van der Waals surface area (Å²) in [4.78, 5) is 16.4. The normalized spacial score (nSPS) is 11.4. The Morgan fingerprint density at radius 1 is 0.917 bits per heavy atom. The third kappa shape index (κ3) is 4.82. The Kier molecular flexibility index (Phi) is 6.34. The number of amides is 1. The summed E-state index contributed by atoms with van der Waals surface area (Å²) in [6.07, 6.45) is 0. The van der Waals surface area contributed by atoms with E-state index in [0.29, 0.717) is 16.4 Å². The van der Waals surface area contributed by atoms with Crippen LogP contribution in [0.5, 0.6) is 0 Å². The number of anilines is 4. The van der Waals surface area contributed by atoms with Gasteiger partial charge in [0.15, 0.2) is 11.6 Å². The molecule has 1 heterocycles. The lowest BCUT2D eigenvalue weighted by Gasteiger charge is -2.14. The first-order valence-electron chi connectivity index (χ1n) is 9.82. The van der Waals surface area contributed by atoms with Gasteiger partial charge in [-0.25, -0.2) is 35.9 Å². The summed E-state index contributed by atoms with van der Waals surface area (Å²) in [5.74, 6) is -5.80. The molecule has 0 atom stereocenters. The lowest BCUT2D eigenvalue weighted by molar-refractivity contribution is 0.251. The van der Waals surface area contributed by atoms with Crippen molar-refractivity contribution in [1.82, 2.24) is 14.8 Å². The van der Waals surface area contributed by atoms with E-state index in [2.05, 4.69) is 15.4 Å². The number of primary sulfonamides is 1. The first kappa shape index (κ1) is 24.6. The van der Waals surface area contributed by atoms with Gasteiger partial charge in [-0.2, -0.15) is 4.98 Å².